The Balaban J connectivity index is 1.82. The van der Waals surface area contributed by atoms with E-state index in [0.717, 1.165) is 25.0 Å². The number of sulfone groups is 1. The van der Waals surface area contributed by atoms with Gasteiger partial charge in [0.2, 0.25) is 0 Å². The van der Waals surface area contributed by atoms with Crippen molar-refractivity contribution in [3.05, 3.63) is 83.9 Å². The summed E-state index contributed by atoms with van der Waals surface area (Å²) in [6, 6.07) is 16.5. The first-order valence-corrected chi connectivity index (χ1v) is 12.4. The highest BCUT2D eigenvalue weighted by molar-refractivity contribution is 7.92. The van der Waals surface area contributed by atoms with Gasteiger partial charge in [-0.25, -0.2) is 8.42 Å². The molecule has 0 unspecified atom stereocenters. The van der Waals surface area contributed by atoms with E-state index in [4.69, 9.17) is 4.74 Å². The Morgan fingerprint density at radius 2 is 1.50 bits per heavy atom. The summed E-state index contributed by atoms with van der Waals surface area (Å²) in [4.78, 5) is 24.8. The first-order valence-electron chi connectivity index (χ1n) is 10.9. The molecule has 190 valence electrons. The standard InChI is InChI=1S/C25H23F3N2O5S/c1-2-3-15-35-22-14-7-5-12-20(22)24(32)30-21-13-6-4-11-19(21)23(31)29-17-9-8-10-18(16-17)36(33,34)25(26,27)28/h4-14,16H,2-3,15H2,1H3,(H,29,31)(H,30,32). The highest BCUT2D eigenvalue weighted by Crippen LogP contribution is 2.31. The molecule has 0 spiro atoms. The molecule has 0 atom stereocenters. The van der Waals surface area contributed by atoms with E-state index in [9.17, 15) is 31.2 Å². The Labute approximate surface area is 206 Å². The highest BCUT2D eigenvalue weighted by atomic mass is 32.2. The monoisotopic (exact) mass is 520 g/mol. The maximum atomic E-state index is 13.0. The van der Waals surface area contributed by atoms with E-state index in [1.54, 1.807) is 30.3 Å². The van der Waals surface area contributed by atoms with Gasteiger partial charge in [0.05, 0.1) is 28.3 Å². The number of carbonyl (C=O) groups is 2. The van der Waals surface area contributed by atoms with E-state index in [-0.39, 0.29) is 22.5 Å². The summed E-state index contributed by atoms with van der Waals surface area (Å²) in [5, 5.41) is 5.03. The predicted octanol–water partition coefficient (Wildman–Crippen LogP) is 5.66. The van der Waals surface area contributed by atoms with E-state index in [1.165, 1.54) is 24.3 Å². The molecule has 0 saturated carbocycles. The van der Waals surface area contributed by atoms with Crippen molar-refractivity contribution >= 4 is 33.0 Å². The number of halogens is 3. The topological polar surface area (TPSA) is 102 Å². The second-order valence-corrected chi connectivity index (χ2v) is 9.57. The van der Waals surface area contributed by atoms with Crippen LogP contribution in [-0.4, -0.2) is 32.3 Å². The molecular formula is C25H23F3N2O5S. The van der Waals surface area contributed by atoms with Crippen LogP contribution in [-0.2, 0) is 9.84 Å². The largest absolute Gasteiger partial charge is 0.501 e. The third-order valence-electron chi connectivity index (χ3n) is 5.01. The first kappa shape index (κ1) is 26.7. The molecule has 7 nitrogen and oxygen atoms in total. The molecule has 11 heteroatoms. The van der Waals surface area contributed by atoms with Gasteiger partial charge in [0, 0.05) is 5.69 Å². The van der Waals surface area contributed by atoms with Gasteiger partial charge in [0.1, 0.15) is 5.75 Å². The summed E-state index contributed by atoms with van der Waals surface area (Å²) in [5.74, 6) is -0.909. The number of benzene rings is 3. The fraction of sp³-hybridized carbons (Fsp3) is 0.200. The molecule has 0 aliphatic carbocycles. The van der Waals surface area contributed by atoms with E-state index < -0.39 is 32.1 Å². The zero-order chi connectivity index (χ0) is 26.3. The molecule has 0 heterocycles. The van der Waals surface area contributed by atoms with E-state index >= 15 is 0 Å². The SMILES string of the molecule is CCCCOc1ccccc1C(=O)Nc1ccccc1C(=O)Nc1cccc(S(=O)(=O)C(F)(F)F)c1. The van der Waals surface area contributed by atoms with Crippen LogP contribution in [0.25, 0.3) is 0 Å². The van der Waals surface area contributed by atoms with Crippen molar-refractivity contribution in [2.75, 3.05) is 17.2 Å². The van der Waals surface area contributed by atoms with Crippen molar-refractivity contribution in [3.8, 4) is 5.75 Å². The van der Waals surface area contributed by atoms with Crippen molar-refractivity contribution in [1.29, 1.82) is 0 Å². The Hall–Kier alpha value is -3.86. The van der Waals surface area contributed by atoms with Gasteiger partial charge < -0.3 is 15.4 Å². The first-order chi connectivity index (χ1) is 17.0. The number of anilines is 2. The van der Waals surface area contributed by atoms with Gasteiger partial charge in [0.25, 0.3) is 21.7 Å². The molecule has 36 heavy (non-hydrogen) atoms. The van der Waals surface area contributed by atoms with Crippen LogP contribution in [0.5, 0.6) is 5.75 Å². The lowest BCUT2D eigenvalue weighted by atomic mass is 10.1. The summed E-state index contributed by atoms with van der Waals surface area (Å²) in [5.41, 5.74) is -5.24. The Morgan fingerprint density at radius 3 is 2.19 bits per heavy atom. The lowest BCUT2D eigenvalue weighted by Crippen LogP contribution is -2.23. The molecule has 0 aromatic heterocycles. The number of hydrogen-bond donors (Lipinski definition) is 2. The molecule has 0 saturated heterocycles. The zero-order valence-corrected chi connectivity index (χ0v) is 19.9. The van der Waals surface area contributed by atoms with Crippen LogP contribution in [0.2, 0.25) is 0 Å². The number of amides is 2. The Kier molecular flexibility index (Phi) is 8.36. The number of rotatable bonds is 9. The van der Waals surface area contributed by atoms with Gasteiger partial charge in [-0.1, -0.05) is 43.7 Å². The molecular weight excluding hydrogens is 497 g/mol. The Morgan fingerprint density at radius 1 is 0.861 bits per heavy atom. The second-order valence-electron chi connectivity index (χ2n) is 7.63. The zero-order valence-electron chi connectivity index (χ0n) is 19.1. The summed E-state index contributed by atoms with van der Waals surface area (Å²) in [6.45, 7) is 2.44. The van der Waals surface area contributed by atoms with E-state index in [0.29, 0.717) is 18.4 Å². The third kappa shape index (κ3) is 6.22. The minimum Gasteiger partial charge on any atom is -0.493 e. The summed E-state index contributed by atoms with van der Waals surface area (Å²) < 4.78 is 67.7. The lowest BCUT2D eigenvalue weighted by Gasteiger charge is -2.14. The Bertz CT molecular complexity index is 1360. The lowest BCUT2D eigenvalue weighted by molar-refractivity contribution is -0.0436. The van der Waals surface area contributed by atoms with Crippen LogP contribution in [0.15, 0.2) is 77.7 Å². The van der Waals surface area contributed by atoms with Crippen molar-refractivity contribution in [2.45, 2.75) is 30.2 Å². The van der Waals surface area contributed by atoms with Crippen LogP contribution >= 0.6 is 0 Å². The van der Waals surface area contributed by atoms with Gasteiger partial charge in [-0.05, 0) is 48.9 Å². The number of unbranched alkanes of at least 4 members (excludes halogenated alkanes) is 1. The molecule has 3 aromatic carbocycles. The number of alkyl halides is 3. The maximum Gasteiger partial charge on any atom is 0.501 e. The molecule has 3 rings (SSSR count). The highest BCUT2D eigenvalue weighted by Gasteiger charge is 2.46. The number of nitrogens with one attached hydrogen (secondary N) is 2. The molecule has 0 fully saturated rings. The quantitative estimate of drug-likeness (QED) is 0.355. The molecule has 0 bridgehead atoms. The van der Waals surface area contributed by atoms with Gasteiger partial charge in [-0.2, -0.15) is 13.2 Å². The van der Waals surface area contributed by atoms with Gasteiger partial charge in [-0.3, -0.25) is 9.59 Å². The molecule has 0 aliphatic heterocycles. The van der Waals surface area contributed by atoms with Gasteiger partial charge >= 0.3 is 5.51 Å². The minimum absolute atomic E-state index is 0.0133. The van der Waals surface area contributed by atoms with Crippen molar-refractivity contribution in [3.63, 3.8) is 0 Å². The number of hydrogen-bond acceptors (Lipinski definition) is 5. The normalized spacial score (nSPS) is 11.6. The average molecular weight is 521 g/mol. The molecule has 0 aliphatic rings. The smallest absolute Gasteiger partial charge is 0.493 e. The summed E-state index contributed by atoms with van der Waals surface area (Å²) in [7, 11) is -5.59. The molecule has 2 amide bonds. The van der Waals surface area contributed by atoms with Gasteiger partial charge in [-0.15, -0.1) is 0 Å². The second kappa shape index (κ2) is 11.3. The maximum absolute atomic E-state index is 13.0. The van der Waals surface area contributed by atoms with Crippen LogP contribution < -0.4 is 15.4 Å². The van der Waals surface area contributed by atoms with Crippen LogP contribution in [0, 0.1) is 0 Å². The molecule has 0 radical (unpaired) electrons. The number of para-hydroxylation sites is 2. The summed E-state index contributed by atoms with van der Waals surface area (Å²) >= 11 is 0. The van der Waals surface area contributed by atoms with Crippen LogP contribution in [0.3, 0.4) is 0 Å². The van der Waals surface area contributed by atoms with E-state index in [1.807, 2.05) is 6.92 Å². The minimum atomic E-state index is -5.59. The van der Waals surface area contributed by atoms with Crippen molar-refractivity contribution in [1.82, 2.24) is 0 Å². The fourth-order valence-electron chi connectivity index (χ4n) is 3.16. The molecule has 2 N–H and O–H groups in total. The third-order valence-corrected chi connectivity index (χ3v) is 6.50. The summed E-state index contributed by atoms with van der Waals surface area (Å²) in [6.07, 6.45) is 1.73. The van der Waals surface area contributed by atoms with Crippen LogP contribution in [0.4, 0.5) is 24.5 Å². The molecule has 3 aromatic rings. The number of ether oxygens (including phenoxy) is 1. The van der Waals surface area contributed by atoms with Crippen molar-refractivity contribution in [2.24, 2.45) is 0 Å². The van der Waals surface area contributed by atoms with Crippen molar-refractivity contribution < 1.29 is 35.9 Å². The van der Waals surface area contributed by atoms with Gasteiger partial charge in [0.15, 0.2) is 0 Å². The average Bonchev–Trinajstić information content (AvgIpc) is 2.84. The predicted molar refractivity (Wildman–Crippen MR) is 129 cm³/mol. The van der Waals surface area contributed by atoms with Crippen LogP contribution in [0.1, 0.15) is 40.5 Å². The van der Waals surface area contributed by atoms with E-state index in [2.05, 4.69) is 10.6 Å². The number of carbonyl (C=O) groups excluding carboxylic acids is 2. The fourth-order valence-corrected chi connectivity index (χ4v) is 3.97.